The van der Waals surface area contributed by atoms with Crippen LogP contribution in [0.15, 0.2) is 6.20 Å². The van der Waals surface area contributed by atoms with E-state index in [1.165, 1.54) is 0 Å². The average molecular weight is 359 g/mol. The number of anilines is 1. The average Bonchev–Trinajstić information content (AvgIpc) is 3.34. The van der Waals surface area contributed by atoms with E-state index in [1.54, 1.807) is 4.90 Å². The van der Waals surface area contributed by atoms with Crippen molar-refractivity contribution in [1.82, 2.24) is 9.97 Å². The topological polar surface area (TPSA) is 64.6 Å². The van der Waals surface area contributed by atoms with Gasteiger partial charge in [0.15, 0.2) is 5.69 Å². The largest absolute Gasteiger partial charge is 0.462 e. The van der Waals surface area contributed by atoms with E-state index in [1.807, 2.05) is 13.8 Å². The number of halogens is 3. The second-order valence-corrected chi connectivity index (χ2v) is 6.63. The molecule has 1 aromatic rings. The van der Waals surface area contributed by atoms with Crippen molar-refractivity contribution >= 4 is 11.9 Å². The molecule has 2 fully saturated rings. The third-order valence-electron chi connectivity index (χ3n) is 4.11. The van der Waals surface area contributed by atoms with E-state index in [9.17, 15) is 18.0 Å². The van der Waals surface area contributed by atoms with Crippen LogP contribution in [0.25, 0.3) is 0 Å². The van der Waals surface area contributed by atoms with Gasteiger partial charge >= 0.3 is 12.1 Å². The van der Waals surface area contributed by atoms with Gasteiger partial charge in [-0.1, -0.05) is 0 Å². The number of morpholine rings is 1. The second-order valence-electron chi connectivity index (χ2n) is 6.63. The number of carbonyl (C=O) groups is 1. The van der Waals surface area contributed by atoms with Gasteiger partial charge in [-0.3, -0.25) is 0 Å². The highest BCUT2D eigenvalue weighted by Crippen LogP contribution is 2.33. The molecule has 1 aliphatic heterocycles. The number of hydrogen-bond acceptors (Lipinski definition) is 6. The van der Waals surface area contributed by atoms with Crippen molar-refractivity contribution < 1.29 is 27.4 Å². The third-order valence-corrected chi connectivity index (χ3v) is 4.11. The van der Waals surface area contributed by atoms with E-state index >= 15 is 0 Å². The zero-order valence-corrected chi connectivity index (χ0v) is 14.0. The Bertz CT molecular complexity index is 639. The highest BCUT2D eigenvalue weighted by Gasteiger charge is 2.39. The van der Waals surface area contributed by atoms with Crippen LogP contribution in [0.4, 0.5) is 19.1 Å². The lowest BCUT2D eigenvalue weighted by molar-refractivity contribution is -0.141. The SMILES string of the molecule is C[C@@H]1CN(c2ncc(C(=O)OCC3CC3)c(C(F)(F)F)n2)C[C@H](C)O1. The maximum absolute atomic E-state index is 13.4. The fourth-order valence-electron chi connectivity index (χ4n) is 2.79. The van der Waals surface area contributed by atoms with Gasteiger partial charge in [-0.25, -0.2) is 14.8 Å². The molecule has 2 atom stereocenters. The van der Waals surface area contributed by atoms with Gasteiger partial charge in [0.2, 0.25) is 5.95 Å². The fourth-order valence-corrected chi connectivity index (χ4v) is 2.79. The first kappa shape index (κ1) is 17.9. The van der Waals surface area contributed by atoms with E-state index in [-0.39, 0.29) is 30.7 Å². The Morgan fingerprint density at radius 2 is 1.96 bits per heavy atom. The Hall–Kier alpha value is -1.90. The molecule has 0 N–H and O–H groups in total. The van der Waals surface area contributed by atoms with Crippen molar-refractivity contribution in [2.24, 2.45) is 5.92 Å². The number of aromatic nitrogens is 2. The number of nitrogens with zero attached hydrogens (tertiary/aromatic N) is 3. The van der Waals surface area contributed by atoms with Crippen molar-refractivity contribution in [3.63, 3.8) is 0 Å². The monoisotopic (exact) mass is 359 g/mol. The Labute approximate surface area is 143 Å². The third kappa shape index (κ3) is 4.39. The zero-order chi connectivity index (χ0) is 18.2. The lowest BCUT2D eigenvalue weighted by Gasteiger charge is -2.35. The van der Waals surface area contributed by atoms with Gasteiger partial charge in [0.05, 0.1) is 18.8 Å². The van der Waals surface area contributed by atoms with Crippen LogP contribution >= 0.6 is 0 Å². The van der Waals surface area contributed by atoms with Crippen molar-refractivity contribution in [3.05, 3.63) is 17.5 Å². The summed E-state index contributed by atoms with van der Waals surface area (Å²) >= 11 is 0. The molecule has 0 spiro atoms. The first-order valence-corrected chi connectivity index (χ1v) is 8.25. The molecule has 2 heterocycles. The van der Waals surface area contributed by atoms with Crippen molar-refractivity contribution in [2.75, 3.05) is 24.6 Å². The van der Waals surface area contributed by atoms with E-state index in [0.717, 1.165) is 19.0 Å². The lowest BCUT2D eigenvalue weighted by atomic mass is 10.2. The predicted molar refractivity (Wildman–Crippen MR) is 82.3 cm³/mol. The molecule has 25 heavy (non-hydrogen) atoms. The summed E-state index contributed by atoms with van der Waals surface area (Å²) in [5, 5.41) is 0. The summed E-state index contributed by atoms with van der Waals surface area (Å²) in [4.78, 5) is 21.2. The van der Waals surface area contributed by atoms with Gasteiger partial charge < -0.3 is 14.4 Å². The summed E-state index contributed by atoms with van der Waals surface area (Å²) in [6.07, 6.45) is -2.29. The number of hydrogen-bond donors (Lipinski definition) is 0. The van der Waals surface area contributed by atoms with Crippen LogP contribution in [-0.4, -0.2) is 47.8 Å². The summed E-state index contributed by atoms with van der Waals surface area (Å²) in [5.74, 6) is -0.836. The maximum Gasteiger partial charge on any atom is 0.434 e. The Kier molecular flexibility index (Phi) is 4.86. The summed E-state index contributed by atoms with van der Waals surface area (Å²) in [7, 11) is 0. The molecule has 2 aliphatic rings. The maximum atomic E-state index is 13.4. The molecular weight excluding hydrogens is 339 g/mol. The van der Waals surface area contributed by atoms with Gasteiger partial charge in [0.25, 0.3) is 0 Å². The van der Waals surface area contributed by atoms with Gasteiger partial charge in [0.1, 0.15) is 5.56 Å². The molecule has 1 saturated heterocycles. The van der Waals surface area contributed by atoms with Gasteiger partial charge in [0, 0.05) is 19.3 Å². The number of rotatable bonds is 4. The van der Waals surface area contributed by atoms with E-state index in [0.29, 0.717) is 13.1 Å². The molecule has 6 nitrogen and oxygen atoms in total. The molecule has 0 unspecified atom stereocenters. The highest BCUT2D eigenvalue weighted by molar-refractivity contribution is 5.90. The van der Waals surface area contributed by atoms with Crippen LogP contribution < -0.4 is 4.90 Å². The van der Waals surface area contributed by atoms with E-state index in [4.69, 9.17) is 9.47 Å². The number of alkyl halides is 3. The van der Waals surface area contributed by atoms with E-state index in [2.05, 4.69) is 9.97 Å². The molecule has 0 aromatic carbocycles. The smallest absolute Gasteiger partial charge is 0.434 e. The van der Waals surface area contributed by atoms with Gasteiger partial charge in [-0.2, -0.15) is 13.2 Å². The zero-order valence-electron chi connectivity index (χ0n) is 14.0. The first-order chi connectivity index (χ1) is 11.7. The van der Waals surface area contributed by atoms with Gasteiger partial charge in [-0.05, 0) is 32.6 Å². The summed E-state index contributed by atoms with van der Waals surface area (Å²) < 4.78 is 50.7. The summed E-state index contributed by atoms with van der Waals surface area (Å²) in [5.41, 5.74) is -1.91. The molecular formula is C16H20F3N3O3. The van der Waals surface area contributed by atoms with E-state index < -0.39 is 23.4 Å². The Balaban J connectivity index is 1.85. The Morgan fingerprint density at radius 3 is 2.52 bits per heavy atom. The van der Waals surface area contributed by atoms with Crippen LogP contribution in [-0.2, 0) is 15.7 Å². The molecule has 0 amide bonds. The number of ether oxygens (including phenoxy) is 2. The molecule has 1 aliphatic carbocycles. The van der Waals surface area contributed by atoms with Gasteiger partial charge in [-0.15, -0.1) is 0 Å². The minimum absolute atomic E-state index is 0.0620. The highest BCUT2D eigenvalue weighted by atomic mass is 19.4. The van der Waals surface area contributed by atoms with Crippen LogP contribution in [0.5, 0.6) is 0 Å². The normalized spacial score (nSPS) is 24.3. The minimum atomic E-state index is -4.77. The molecule has 1 saturated carbocycles. The standard InChI is InChI=1S/C16H20F3N3O3/c1-9-6-22(7-10(2)25-9)15-20-5-12(13(21-15)16(17,18)19)14(23)24-8-11-3-4-11/h5,9-11H,3-4,6-8H2,1-2H3/t9-,10+. The van der Waals surface area contributed by atoms with Crippen molar-refractivity contribution in [1.29, 1.82) is 0 Å². The molecule has 1 aromatic heterocycles. The number of carbonyl (C=O) groups excluding carboxylic acids is 1. The predicted octanol–water partition coefficient (Wildman–Crippen LogP) is 2.68. The quantitative estimate of drug-likeness (QED) is 0.770. The fraction of sp³-hybridized carbons (Fsp3) is 0.688. The summed E-state index contributed by atoms with van der Waals surface area (Å²) in [6, 6.07) is 0. The van der Waals surface area contributed by atoms with Crippen molar-refractivity contribution in [2.45, 2.75) is 45.1 Å². The Morgan fingerprint density at radius 1 is 1.32 bits per heavy atom. The van der Waals surface area contributed by atoms with Crippen LogP contribution in [0.2, 0.25) is 0 Å². The lowest BCUT2D eigenvalue weighted by Crippen LogP contribution is -2.46. The number of esters is 1. The molecule has 0 radical (unpaired) electrons. The van der Waals surface area contributed by atoms with Crippen LogP contribution in [0.3, 0.4) is 0 Å². The van der Waals surface area contributed by atoms with Crippen LogP contribution in [0, 0.1) is 5.92 Å². The molecule has 138 valence electrons. The summed E-state index contributed by atoms with van der Waals surface area (Å²) in [6.45, 7) is 4.56. The first-order valence-electron chi connectivity index (χ1n) is 8.25. The molecule has 0 bridgehead atoms. The van der Waals surface area contributed by atoms with Crippen molar-refractivity contribution in [3.8, 4) is 0 Å². The van der Waals surface area contributed by atoms with Crippen LogP contribution in [0.1, 0.15) is 42.7 Å². The molecule has 9 heteroatoms. The minimum Gasteiger partial charge on any atom is -0.462 e. The molecule has 3 rings (SSSR count). The second kappa shape index (κ2) is 6.78.